The summed E-state index contributed by atoms with van der Waals surface area (Å²) in [4.78, 5) is 38.5. The molecule has 1 heterocycles. The van der Waals surface area contributed by atoms with Crippen molar-refractivity contribution in [2.24, 2.45) is 5.92 Å². The maximum Gasteiger partial charge on any atom is 0.325 e. The number of aryl methyl sites for hydroxylation is 1. The highest BCUT2D eigenvalue weighted by Gasteiger charge is 2.52. The summed E-state index contributed by atoms with van der Waals surface area (Å²) in [5.74, 6) is -0.314. The molecule has 1 aliphatic carbocycles. The fourth-order valence-corrected chi connectivity index (χ4v) is 3.45. The van der Waals surface area contributed by atoms with E-state index in [0.717, 1.165) is 16.9 Å². The third-order valence-corrected chi connectivity index (χ3v) is 5.37. The molecule has 4 amide bonds. The Morgan fingerprint density at radius 2 is 1.92 bits per heavy atom. The number of urea groups is 1. The fraction of sp³-hybridized carbons (Fsp3) is 0.526. The largest absolute Gasteiger partial charge is 0.352 e. The highest BCUT2D eigenvalue weighted by atomic mass is 16.2. The van der Waals surface area contributed by atoms with Gasteiger partial charge in [0.25, 0.3) is 5.91 Å². The first-order chi connectivity index (χ1) is 11.8. The summed E-state index contributed by atoms with van der Waals surface area (Å²) < 4.78 is 0. The van der Waals surface area contributed by atoms with Crippen LogP contribution >= 0.6 is 0 Å². The van der Waals surface area contributed by atoms with E-state index in [1.165, 1.54) is 5.56 Å². The lowest BCUT2D eigenvalue weighted by Crippen LogP contribution is -2.51. The highest BCUT2D eigenvalue weighted by molar-refractivity contribution is 6.09. The number of amides is 4. The van der Waals surface area contributed by atoms with Crippen LogP contribution in [0.15, 0.2) is 24.3 Å². The molecule has 3 rings (SSSR count). The van der Waals surface area contributed by atoms with E-state index in [9.17, 15) is 14.4 Å². The summed E-state index contributed by atoms with van der Waals surface area (Å²) in [6.45, 7) is 5.69. The lowest BCUT2D eigenvalue weighted by atomic mass is 9.78. The Morgan fingerprint density at radius 3 is 2.60 bits per heavy atom. The average Bonchev–Trinajstić information content (AvgIpc) is 2.78. The van der Waals surface area contributed by atoms with Crippen LogP contribution in [0.1, 0.15) is 38.3 Å². The lowest BCUT2D eigenvalue weighted by Gasteiger charge is -2.32. The first-order valence-electron chi connectivity index (χ1n) is 8.82. The van der Waals surface area contributed by atoms with Gasteiger partial charge in [-0.15, -0.1) is 0 Å². The number of imide groups is 1. The van der Waals surface area contributed by atoms with Crippen molar-refractivity contribution < 1.29 is 14.4 Å². The van der Waals surface area contributed by atoms with Crippen LogP contribution in [-0.4, -0.2) is 40.9 Å². The molecule has 6 nitrogen and oxygen atoms in total. The Bertz CT molecular complexity index is 716. The third-order valence-electron chi connectivity index (χ3n) is 5.37. The van der Waals surface area contributed by atoms with Crippen molar-refractivity contribution in [3.63, 3.8) is 0 Å². The van der Waals surface area contributed by atoms with E-state index in [1.54, 1.807) is 0 Å². The van der Waals surface area contributed by atoms with Crippen molar-refractivity contribution in [2.75, 3.05) is 6.54 Å². The Balaban J connectivity index is 1.72. The van der Waals surface area contributed by atoms with Crippen LogP contribution < -0.4 is 10.6 Å². The van der Waals surface area contributed by atoms with Crippen molar-refractivity contribution in [3.8, 4) is 0 Å². The number of hydrogen-bond donors (Lipinski definition) is 2. The normalized spacial score (nSPS) is 23.6. The van der Waals surface area contributed by atoms with Crippen molar-refractivity contribution in [1.29, 1.82) is 0 Å². The summed E-state index contributed by atoms with van der Waals surface area (Å²) in [5.41, 5.74) is 1.40. The van der Waals surface area contributed by atoms with Gasteiger partial charge in [0.15, 0.2) is 0 Å². The maximum absolute atomic E-state index is 12.9. The van der Waals surface area contributed by atoms with Gasteiger partial charge in [0.05, 0.1) is 0 Å². The number of rotatable bonds is 4. The molecule has 2 aliphatic rings. The van der Waals surface area contributed by atoms with Gasteiger partial charge < -0.3 is 10.6 Å². The van der Waals surface area contributed by atoms with E-state index in [1.807, 2.05) is 39.0 Å². The second-order valence-corrected chi connectivity index (χ2v) is 7.45. The van der Waals surface area contributed by atoms with Gasteiger partial charge in [0, 0.05) is 12.5 Å². The molecule has 1 aromatic carbocycles. The topological polar surface area (TPSA) is 78.5 Å². The molecular formula is C19H25N3O3. The molecule has 2 atom stereocenters. The van der Waals surface area contributed by atoms with Crippen LogP contribution in [0.2, 0.25) is 0 Å². The molecule has 0 saturated carbocycles. The zero-order chi connectivity index (χ0) is 18.2. The Hall–Kier alpha value is -2.37. The quantitative estimate of drug-likeness (QED) is 0.816. The maximum atomic E-state index is 12.9. The minimum Gasteiger partial charge on any atom is -0.352 e. The summed E-state index contributed by atoms with van der Waals surface area (Å²) >= 11 is 0. The molecule has 1 fully saturated rings. The summed E-state index contributed by atoms with van der Waals surface area (Å²) in [6, 6.07) is 7.49. The average molecular weight is 343 g/mol. The first-order valence-corrected chi connectivity index (χ1v) is 8.82. The third kappa shape index (κ3) is 3.25. The van der Waals surface area contributed by atoms with Gasteiger partial charge >= 0.3 is 6.03 Å². The number of carbonyl (C=O) groups is 3. The van der Waals surface area contributed by atoms with Gasteiger partial charge in [-0.05, 0) is 36.8 Å². The SMILES string of the molecule is CC(C)[C@H](C)NC(=O)CN1C(=O)N[C@@]2(CCc3ccccc3C2)C1=O. The van der Waals surface area contributed by atoms with Crippen molar-refractivity contribution in [3.05, 3.63) is 35.4 Å². The van der Waals surface area contributed by atoms with Crippen LogP contribution in [0.4, 0.5) is 4.79 Å². The molecule has 0 bridgehead atoms. The monoisotopic (exact) mass is 343 g/mol. The van der Waals surface area contributed by atoms with Crippen LogP contribution in [0, 0.1) is 5.92 Å². The fourth-order valence-electron chi connectivity index (χ4n) is 3.45. The van der Waals surface area contributed by atoms with Crippen molar-refractivity contribution >= 4 is 17.8 Å². The number of carbonyl (C=O) groups excluding carboxylic acids is 3. The molecule has 2 N–H and O–H groups in total. The predicted octanol–water partition coefficient (Wildman–Crippen LogP) is 1.63. The Kier molecular flexibility index (Phi) is 4.54. The van der Waals surface area contributed by atoms with Gasteiger partial charge in [0.1, 0.15) is 12.1 Å². The second-order valence-electron chi connectivity index (χ2n) is 7.45. The smallest absolute Gasteiger partial charge is 0.325 e. The Morgan fingerprint density at radius 1 is 1.24 bits per heavy atom. The van der Waals surface area contributed by atoms with Crippen LogP contribution in [-0.2, 0) is 22.4 Å². The number of fused-ring (bicyclic) bond motifs is 1. The second kappa shape index (κ2) is 6.50. The number of nitrogens with zero attached hydrogens (tertiary/aromatic N) is 1. The van der Waals surface area contributed by atoms with Crippen LogP contribution in [0.25, 0.3) is 0 Å². The van der Waals surface area contributed by atoms with Gasteiger partial charge in [-0.25, -0.2) is 4.79 Å². The van der Waals surface area contributed by atoms with Crippen LogP contribution in [0.3, 0.4) is 0 Å². The van der Waals surface area contributed by atoms with Gasteiger partial charge in [0.2, 0.25) is 5.91 Å². The van der Waals surface area contributed by atoms with E-state index >= 15 is 0 Å². The molecule has 134 valence electrons. The minimum absolute atomic E-state index is 0.0104. The van der Waals surface area contributed by atoms with Gasteiger partial charge in [-0.3, -0.25) is 14.5 Å². The van der Waals surface area contributed by atoms with Crippen molar-refractivity contribution in [1.82, 2.24) is 15.5 Å². The lowest BCUT2D eigenvalue weighted by molar-refractivity contribution is -0.135. The van der Waals surface area contributed by atoms with Gasteiger partial charge in [-0.1, -0.05) is 38.1 Å². The molecule has 6 heteroatoms. The van der Waals surface area contributed by atoms with Gasteiger partial charge in [-0.2, -0.15) is 0 Å². The molecule has 0 radical (unpaired) electrons. The zero-order valence-corrected chi connectivity index (χ0v) is 15.0. The first kappa shape index (κ1) is 17.5. The number of benzene rings is 1. The van der Waals surface area contributed by atoms with E-state index in [4.69, 9.17) is 0 Å². The molecule has 1 saturated heterocycles. The summed E-state index contributed by atoms with van der Waals surface area (Å²) in [7, 11) is 0. The molecule has 0 aromatic heterocycles. The minimum atomic E-state index is -0.907. The van der Waals surface area contributed by atoms with E-state index in [2.05, 4.69) is 16.7 Å². The van der Waals surface area contributed by atoms with Crippen LogP contribution in [0.5, 0.6) is 0 Å². The van der Waals surface area contributed by atoms with E-state index in [-0.39, 0.29) is 30.3 Å². The molecular weight excluding hydrogens is 318 g/mol. The highest BCUT2D eigenvalue weighted by Crippen LogP contribution is 2.33. The summed E-state index contributed by atoms with van der Waals surface area (Å²) in [5, 5.41) is 5.69. The zero-order valence-electron chi connectivity index (χ0n) is 15.0. The van der Waals surface area contributed by atoms with E-state index in [0.29, 0.717) is 12.8 Å². The molecule has 1 aromatic rings. The number of hydrogen-bond acceptors (Lipinski definition) is 3. The van der Waals surface area contributed by atoms with Crippen molar-refractivity contribution in [2.45, 2.75) is 51.6 Å². The predicted molar refractivity (Wildman–Crippen MR) is 93.9 cm³/mol. The van der Waals surface area contributed by atoms with E-state index < -0.39 is 11.6 Å². The standard InChI is InChI=1S/C19H25N3O3/c1-12(2)13(3)20-16(23)11-22-17(24)19(21-18(22)25)9-8-14-6-4-5-7-15(14)10-19/h4-7,12-13H,8-11H2,1-3H3,(H,20,23)(H,21,25)/t13-,19+/m0/s1. The molecule has 1 spiro atoms. The number of nitrogens with one attached hydrogen (secondary N) is 2. The molecule has 0 unspecified atom stereocenters. The Labute approximate surface area is 148 Å². The summed E-state index contributed by atoms with van der Waals surface area (Å²) in [6.07, 6.45) is 1.79. The molecule has 1 aliphatic heterocycles. The molecule has 25 heavy (non-hydrogen) atoms.